The third-order valence-electron chi connectivity index (χ3n) is 2.17. The Morgan fingerprint density at radius 1 is 1.29 bits per heavy atom. The van der Waals surface area contributed by atoms with Crippen LogP contribution in [0.2, 0.25) is 0 Å². The number of rotatable bonds is 1. The summed E-state index contributed by atoms with van der Waals surface area (Å²) in [7, 11) is 0. The molecule has 2 N–H and O–H groups in total. The molecule has 0 aliphatic heterocycles. The van der Waals surface area contributed by atoms with Gasteiger partial charge in [0.25, 0.3) is 0 Å². The third-order valence-corrected chi connectivity index (χ3v) is 2.17. The van der Waals surface area contributed by atoms with Crippen LogP contribution in [0.25, 0.3) is 0 Å². The monoisotopic (exact) mass is 191 g/mol. The number of nitrogens with two attached hydrogens (primary N) is 1. The van der Waals surface area contributed by atoms with Gasteiger partial charge in [-0.15, -0.1) is 0 Å². The van der Waals surface area contributed by atoms with Gasteiger partial charge in [0.15, 0.2) is 0 Å². The summed E-state index contributed by atoms with van der Waals surface area (Å²) < 4.78 is 4.70. The van der Waals surface area contributed by atoms with Gasteiger partial charge < -0.3 is 10.5 Å². The smallest absolute Gasteiger partial charge is 0.409 e. The minimum Gasteiger partial charge on any atom is -0.410 e. The summed E-state index contributed by atoms with van der Waals surface area (Å²) in [6, 6.07) is 5.12. The molecule has 1 aromatic carbocycles. The number of Topliss-reactive ketones (excluding diaryl/α,β-unsaturated/α-hetero) is 1. The lowest BCUT2D eigenvalue weighted by Crippen LogP contribution is -2.16. The summed E-state index contributed by atoms with van der Waals surface area (Å²) in [6.45, 7) is 0. The molecule has 72 valence electrons. The van der Waals surface area contributed by atoms with Crippen molar-refractivity contribution in [1.82, 2.24) is 0 Å². The van der Waals surface area contributed by atoms with Gasteiger partial charge in [0.05, 0.1) is 0 Å². The van der Waals surface area contributed by atoms with Crippen LogP contribution in [0.3, 0.4) is 0 Å². The number of hydrogen-bond donors (Lipinski definition) is 1. The van der Waals surface area contributed by atoms with E-state index < -0.39 is 6.09 Å². The molecule has 2 rings (SSSR count). The topological polar surface area (TPSA) is 69.4 Å². The Morgan fingerprint density at radius 2 is 2.00 bits per heavy atom. The zero-order valence-corrected chi connectivity index (χ0v) is 7.45. The van der Waals surface area contributed by atoms with Crippen LogP contribution in [0.5, 0.6) is 5.75 Å². The van der Waals surface area contributed by atoms with Crippen molar-refractivity contribution in [3.63, 3.8) is 0 Å². The van der Waals surface area contributed by atoms with E-state index in [1.54, 1.807) is 18.2 Å². The summed E-state index contributed by atoms with van der Waals surface area (Å²) >= 11 is 0. The lowest BCUT2D eigenvalue weighted by atomic mass is 10.1. The van der Waals surface area contributed by atoms with E-state index >= 15 is 0 Å². The zero-order chi connectivity index (χ0) is 10.1. The number of ether oxygens (including phenoxy) is 1. The van der Waals surface area contributed by atoms with Crippen LogP contribution in [-0.4, -0.2) is 11.9 Å². The molecule has 4 heteroatoms. The summed E-state index contributed by atoms with van der Waals surface area (Å²) in [5.41, 5.74) is 6.80. The molecule has 1 aliphatic rings. The van der Waals surface area contributed by atoms with E-state index in [0.717, 1.165) is 11.1 Å². The Kier molecular flexibility index (Phi) is 1.96. The van der Waals surface area contributed by atoms with Crippen molar-refractivity contribution in [1.29, 1.82) is 0 Å². The molecule has 0 heterocycles. The van der Waals surface area contributed by atoms with Gasteiger partial charge in [0.1, 0.15) is 11.5 Å². The average molecular weight is 191 g/mol. The van der Waals surface area contributed by atoms with E-state index in [9.17, 15) is 9.59 Å². The van der Waals surface area contributed by atoms with Gasteiger partial charge in [0, 0.05) is 12.8 Å². The second-order valence-electron chi connectivity index (χ2n) is 3.24. The van der Waals surface area contributed by atoms with Gasteiger partial charge in [-0.05, 0) is 23.3 Å². The van der Waals surface area contributed by atoms with Gasteiger partial charge in [-0.3, -0.25) is 4.79 Å². The summed E-state index contributed by atoms with van der Waals surface area (Å²) in [5, 5.41) is 0. The lowest BCUT2D eigenvalue weighted by Gasteiger charge is -2.02. The molecule has 0 saturated heterocycles. The van der Waals surface area contributed by atoms with Gasteiger partial charge in [-0.1, -0.05) is 6.07 Å². The van der Waals surface area contributed by atoms with Crippen molar-refractivity contribution in [3.05, 3.63) is 29.3 Å². The first-order chi connectivity index (χ1) is 6.65. The highest BCUT2D eigenvalue weighted by Gasteiger charge is 2.18. The maximum Gasteiger partial charge on any atom is 0.409 e. The number of carbonyl (C=O) groups excluding carboxylic acids is 2. The van der Waals surface area contributed by atoms with Crippen LogP contribution in [0.4, 0.5) is 4.79 Å². The van der Waals surface area contributed by atoms with Crippen LogP contribution in [0.1, 0.15) is 11.1 Å². The Balaban J connectivity index is 2.28. The van der Waals surface area contributed by atoms with E-state index in [0.29, 0.717) is 18.6 Å². The molecule has 4 nitrogen and oxygen atoms in total. The number of primary amides is 1. The predicted molar refractivity (Wildman–Crippen MR) is 49.1 cm³/mol. The molecule has 0 unspecified atom stereocenters. The second kappa shape index (κ2) is 3.14. The van der Waals surface area contributed by atoms with Crippen molar-refractivity contribution in [2.24, 2.45) is 5.73 Å². The Bertz CT molecular complexity index is 412. The number of ketones is 1. The summed E-state index contributed by atoms with van der Waals surface area (Å²) in [5.74, 6) is 0.585. The fraction of sp³-hybridized carbons (Fsp3) is 0.200. The fourth-order valence-corrected chi connectivity index (χ4v) is 1.61. The van der Waals surface area contributed by atoms with E-state index in [4.69, 9.17) is 10.5 Å². The number of benzene rings is 1. The minimum absolute atomic E-state index is 0.191. The van der Waals surface area contributed by atoms with Crippen LogP contribution >= 0.6 is 0 Å². The molecule has 1 aliphatic carbocycles. The Morgan fingerprint density at radius 3 is 2.71 bits per heavy atom. The minimum atomic E-state index is -0.839. The Labute approximate surface area is 80.7 Å². The van der Waals surface area contributed by atoms with Crippen LogP contribution < -0.4 is 10.5 Å². The third kappa shape index (κ3) is 1.59. The average Bonchev–Trinajstić information content (AvgIpc) is 2.42. The number of fused-ring (bicyclic) bond motifs is 1. The highest BCUT2D eigenvalue weighted by atomic mass is 16.5. The van der Waals surface area contributed by atoms with Crippen LogP contribution in [0, 0.1) is 0 Å². The molecule has 0 aromatic heterocycles. The quantitative estimate of drug-likeness (QED) is 0.714. The van der Waals surface area contributed by atoms with Gasteiger partial charge in [-0.2, -0.15) is 0 Å². The predicted octanol–water partition coefficient (Wildman–Crippen LogP) is 0.812. The SMILES string of the molecule is NC(=O)Oc1ccc2c(c1)CC(=O)C2. The molecule has 0 bridgehead atoms. The van der Waals surface area contributed by atoms with Crippen molar-refractivity contribution in [2.45, 2.75) is 12.8 Å². The fourth-order valence-electron chi connectivity index (χ4n) is 1.61. The van der Waals surface area contributed by atoms with Gasteiger partial charge in [-0.25, -0.2) is 4.79 Å². The molecule has 1 aromatic rings. The molecule has 0 spiro atoms. The molecule has 0 saturated carbocycles. The highest BCUT2D eigenvalue weighted by molar-refractivity contribution is 5.88. The number of carbonyl (C=O) groups is 2. The number of hydrogen-bond acceptors (Lipinski definition) is 3. The highest BCUT2D eigenvalue weighted by Crippen LogP contribution is 2.24. The molecule has 0 fully saturated rings. The summed E-state index contributed by atoms with van der Waals surface area (Å²) in [4.78, 5) is 21.6. The van der Waals surface area contributed by atoms with E-state index in [1.165, 1.54) is 0 Å². The molecule has 0 atom stereocenters. The largest absolute Gasteiger partial charge is 0.410 e. The Hall–Kier alpha value is -1.84. The van der Waals surface area contributed by atoms with Crippen molar-refractivity contribution >= 4 is 11.9 Å². The first kappa shape index (κ1) is 8.74. The summed E-state index contributed by atoms with van der Waals surface area (Å²) in [6.07, 6.45) is 0.0616. The molecule has 1 amide bonds. The first-order valence-electron chi connectivity index (χ1n) is 4.26. The molecular weight excluding hydrogens is 182 g/mol. The van der Waals surface area contributed by atoms with Crippen molar-refractivity contribution in [3.8, 4) is 5.75 Å². The van der Waals surface area contributed by atoms with E-state index in [2.05, 4.69) is 0 Å². The molecule has 0 radical (unpaired) electrons. The maximum atomic E-state index is 11.1. The van der Waals surface area contributed by atoms with Gasteiger partial charge in [0.2, 0.25) is 0 Å². The molecular formula is C10H9NO3. The first-order valence-corrected chi connectivity index (χ1v) is 4.26. The van der Waals surface area contributed by atoms with Crippen LogP contribution in [0.15, 0.2) is 18.2 Å². The van der Waals surface area contributed by atoms with Crippen LogP contribution in [-0.2, 0) is 17.6 Å². The van der Waals surface area contributed by atoms with Crippen molar-refractivity contribution in [2.75, 3.05) is 0 Å². The lowest BCUT2D eigenvalue weighted by molar-refractivity contribution is -0.117. The number of amides is 1. The standard InChI is InChI=1S/C10H9NO3/c11-10(13)14-9-2-1-6-3-8(12)4-7(6)5-9/h1-2,5H,3-4H2,(H2,11,13). The maximum absolute atomic E-state index is 11.1. The van der Waals surface area contributed by atoms with Gasteiger partial charge >= 0.3 is 6.09 Å². The second-order valence-corrected chi connectivity index (χ2v) is 3.24. The zero-order valence-electron chi connectivity index (χ0n) is 7.45. The van der Waals surface area contributed by atoms with E-state index in [1.807, 2.05) is 0 Å². The van der Waals surface area contributed by atoms with E-state index in [-0.39, 0.29) is 5.78 Å². The molecule has 14 heavy (non-hydrogen) atoms. The normalized spacial score (nSPS) is 13.9. The van der Waals surface area contributed by atoms with Crippen molar-refractivity contribution < 1.29 is 14.3 Å².